The van der Waals surface area contributed by atoms with Crippen LogP contribution in [0.4, 0.5) is 11.4 Å². The molecule has 0 saturated heterocycles. The van der Waals surface area contributed by atoms with Crippen molar-refractivity contribution < 1.29 is 9.72 Å². The number of nitro groups is 1. The van der Waals surface area contributed by atoms with Crippen LogP contribution in [-0.4, -0.2) is 15.4 Å². The van der Waals surface area contributed by atoms with Gasteiger partial charge in [-0.3, -0.25) is 14.9 Å². The number of aromatic nitrogens is 1. The molecule has 3 aromatic rings. The summed E-state index contributed by atoms with van der Waals surface area (Å²) in [5, 5.41) is 13.8. The number of hydrogen-bond acceptors (Lipinski definition) is 3. The Morgan fingerprint density at radius 2 is 1.77 bits per heavy atom. The van der Waals surface area contributed by atoms with Gasteiger partial charge in [-0.2, -0.15) is 0 Å². The quantitative estimate of drug-likeness (QED) is 0.524. The Bertz CT molecular complexity index is 992. The molecule has 2 aromatic carbocycles. The van der Waals surface area contributed by atoms with E-state index in [1.165, 1.54) is 18.2 Å². The van der Waals surface area contributed by atoms with Crippen LogP contribution < -0.4 is 5.32 Å². The molecule has 0 spiro atoms. The number of anilines is 1. The summed E-state index contributed by atoms with van der Waals surface area (Å²) in [6.45, 7) is 3.95. The van der Waals surface area contributed by atoms with Crippen molar-refractivity contribution in [1.29, 1.82) is 0 Å². The van der Waals surface area contributed by atoms with E-state index in [1.807, 2.05) is 36.6 Å². The number of aryl methyl sites for hydroxylation is 2. The predicted molar refractivity (Wildman–Crippen MR) is 101 cm³/mol. The van der Waals surface area contributed by atoms with Gasteiger partial charge in [0.1, 0.15) is 0 Å². The highest BCUT2D eigenvalue weighted by molar-refractivity contribution is 6.34. The van der Waals surface area contributed by atoms with Crippen molar-refractivity contribution in [2.45, 2.75) is 13.8 Å². The third-order valence-corrected chi connectivity index (χ3v) is 4.37. The smallest absolute Gasteiger partial charge is 0.271 e. The van der Waals surface area contributed by atoms with Crippen molar-refractivity contribution in [3.05, 3.63) is 86.7 Å². The second kappa shape index (κ2) is 7.01. The number of benzene rings is 2. The SMILES string of the molecule is Cc1ccc(C)n1-c1ccc(Cl)c(C(=O)Nc2cccc([N+](=O)[O-])c2)c1. The molecule has 1 aromatic heterocycles. The third kappa shape index (κ3) is 3.45. The van der Waals surface area contributed by atoms with Gasteiger partial charge in [0.05, 0.1) is 15.5 Å². The summed E-state index contributed by atoms with van der Waals surface area (Å²) in [6.07, 6.45) is 0. The van der Waals surface area contributed by atoms with Gasteiger partial charge in [-0.15, -0.1) is 0 Å². The highest BCUT2D eigenvalue weighted by Gasteiger charge is 2.15. The lowest BCUT2D eigenvalue weighted by Gasteiger charge is -2.13. The summed E-state index contributed by atoms with van der Waals surface area (Å²) < 4.78 is 2.01. The van der Waals surface area contributed by atoms with Crippen molar-refractivity contribution in [2.75, 3.05) is 5.32 Å². The van der Waals surface area contributed by atoms with Gasteiger partial charge in [-0.1, -0.05) is 17.7 Å². The Hall–Kier alpha value is -3.12. The van der Waals surface area contributed by atoms with Gasteiger partial charge in [0.2, 0.25) is 0 Å². The van der Waals surface area contributed by atoms with Crippen LogP contribution in [-0.2, 0) is 0 Å². The number of nitro benzene ring substituents is 1. The van der Waals surface area contributed by atoms with Crippen LogP contribution in [0.15, 0.2) is 54.6 Å². The first-order chi connectivity index (χ1) is 12.4. The van der Waals surface area contributed by atoms with Gasteiger partial charge < -0.3 is 9.88 Å². The Balaban J connectivity index is 1.94. The number of carbonyl (C=O) groups excluding carboxylic acids is 1. The summed E-state index contributed by atoms with van der Waals surface area (Å²) in [5.41, 5.74) is 3.42. The molecule has 0 saturated carbocycles. The Morgan fingerprint density at radius 1 is 1.08 bits per heavy atom. The number of nitrogens with one attached hydrogen (secondary N) is 1. The van der Waals surface area contributed by atoms with Crippen molar-refractivity contribution in [1.82, 2.24) is 4.57 Å². The topological polar surface area (TPSA) is 77.2 Å². The predicted octanol–water partition coefficient (Wildman–Crippen LogP) is 4.91. The van der Waals surface area contributed by atoms with Crippen LogP contribution in [0.25, 0.3) is 5.69 Å². The zero-order valence-corrected chi connectivity index (χ0v) is 14.9. The van der Waals surface area contributed by atoms with Crippen LogP contribution in [0.2, 0.25) is 5.02 Å². The highest BCUT2D eigenvalue weighted by atomic mass is 35.5. The summed E-state index contributed by atoms with van der Waals surface area (Å²) in [4.78, 5) is 23.0. The molecule has 0 aliphatic carbocycles. The van der Waals surface area contributed by atoms with E-state index in [0.29, 0.717) is 16.3 Å². The molecule has 7 heteroatoms. The molecule has 132 valence electrons. The Labute approximate surface area is 155 Å². The molecule has 3 rings (SSSR count). The average molecular weight is 370 g/mol. The molecule has 6 nitrogen and oxygen atoms in total. The van der Waals surface area contributed by atoms with Crippen LogP contribution >= 0.6 is 11.6 Å². The van der Waals surface area contributed by atoms with Crippen LogP contribution in [0.3, 0.4) is 0 Å². The van der Waals surface area contributed by atoms with E-state index < -0.39 is 10.8 Å². The normalized spacial score (nSPS) is 10.6. The first-order valence-electron chi connectivity index (χ1n) is 7.87. The second-order valence-electron chi connectivity index (χ2n) is 5.88. The Morgan fingerprint density at radius 3 is 2.42 bits per heavy atom. The monoisotopic (exact) mass is 369 g/mol. The second-order valence-corrected chi connectivity index (χ2v) is 6.28. The van der Waals surface area contributed by atoms with Crippen molar-refractivity contribution in [3.8, 4) is 5.69 Å². The molecule has 0 bridgehead atoms. The van der Waals surface area contributed by atoms with E-state index in [4.69, 9.17) is 11.6 Å². The van der Waals surface area contributed by atoms with E-state index in [9.17, 15) is 14.9 Å². The first kappa shape index (κ1) is 17.7. The number of hydrogen-bond donors (Lipinski definition) is 1. The number of halogens is 1. The maximum atomic E-state index is 12.6. The van der Waals surface area contributed by atoms with Gasteiger partial charge in [-0.25, -0.2) is 0 Å². The molecule has 26 heavy (non-hydrogen) atoms. The Kier molecular flexibility index (Phi) is 4.77. The lowest BCUT2D eigenvalue weighted by molar-refractivity contribution is -0.384. The van der Waals surface area contributed by atoms with E-state index in [0.717, 1.165) is 17.1 Å². The zero-order chi connectivity index (χ0) is 18.8. The summed E-state index contributed by atoms with van der Waals surface area (Å²) in [7, 11) is 0. The molecular weight excluding hydrogens is 354 g/mol. The lowest BCUT2D eigenvalue weighted by atomic mass is 10.1. The minimum atomic E-state index is -0.513. The molecule has 0 fully saturated rings. The van der Waals surface area contributed by atoms with Crippen LogP contribution in [0.5, 0.6) is 0 Å². The molecule has 0 aliphatic heterocycles. The maximum Gasteiger partial charge on any atom is 0.271 e. The standard InChI is InChI=1S/C19H16ClN3O3/c1-12-6-7-13(2)22(12)15-8-9-18(20)17(11-15)19(24)21-14-4-3-5-16(10-14)23(25)26/h3-11H,1-2H3,(H,21,24). The third-order valence-electron chi connectivity index (χ3n) is 4.04. The van der Waals surface area contributed by atoms with Gasteiger partial charge in [0.15, 0.2) is 0 Å². The summed E-state index contributed by atoms with van der Waals surface area (Å²) in [6, 6.07) is 15.0. The molecule has 1 amide bonds. The van der Waals surface area contributed by atoms with Crippen LogP contribution in [0.1, 0.15) is 21.7 Å². The number of non-ortho nitro benzene ring substituents is 1. The van der Waals surface area contributed by atoms with Gasteiger partial charge in [0, 0.05) is 34.9 Å². The number of nitrogens with zero attached hydrogens (tertiary/aromatic N) is 2. The fourth-order valence-corrected chi connectivity index (χ4v) is 3.00. The van der Waals surface area contributed by atoms with Crippen molar-refractivity contribution >= 4 is 28.9 Å². The fraction of sp³-hybridized carbons (Fsp3) is 0.105. The zero-order valence-electron chi connectivity index (χ0n) is 14.2. The van der Waals surface area contributed by atoms with Crippen molar-refractivity contribution in [2.24, 2.45) is 0 Å². The van der Waals surface area contributed by atoms with Gasteiger partial charge in [0.25, 0.3) is 11.6 Å². The maximum absolute atomic E-state index is 12.6. The largest absolute Gasteiger partial charge is 0.322 e. The fourth-order valence-electron chi connectivity index (χ4n) is 2.80. The minimum absolute atomic E-state index is 0.0961. The van der Waals surface area contributed by atoms with Crippen LogP contribution in [0, 0.1) is 24.0 Å². The van der Waals surface area contributed by atoms with Gasteiger partial charge in [-0.05, 0) is 50.2 Å². The lowest BCUT2D eigenvalue weighted by Crippen LogP contribution is -2.13. The number of carbonyl (C=O) groups is 1. The van der Waals surface area contributed by atoms with E-state index >= 15 is 0 Å². The molecular formula is C19H16ClN3O3. The summed E-state index contributed by atoms with van der Waals surface area (Å²) >= 11 is 6.20. The molecule has 0 aliphatic rings. The number of amides is 1. The van der Waals surface area contributed by atoms with E-state index in [-0.39, 0.29) is 5.69 Å². The molecule has 0 radical (unpaired) electrons. The number of rotatable bonds is 4. The van der Waals surface area contributed by atoms with E-state index in [2.05, 4.69) is 5.32 Å². The molecule has 1 heterocycles. The average Bonchev–Trinajstić information content (AvgIpc) is 2.94. The highest BCUT2D eigenvalue weighted by Crippen LogP contribution is 2.24. The van der Waals surface area contributed by atoms with Gasteiger partial charge >= 0.3 is 0 Å². The molecule has 0 atom stereocenters. The molecule has 0 unspecified atom stereocenters. The first-order valence-corrected chi connectivity index (χ1v) is 8.25. The summed E-state index contributed by atoms with van der Waals surface area (Å²) in [5.74, 6) is -0.431. The van der Waals surface area contributed by atoms with Crippen molar-refractivity contribution in [3.63, 3.8) is 0 Å². The molecule has 1 N–H and O–H groups in total. The van der Waals surface area contributed by atoms with E-state index in [1.54, 1.807) is 18.2 Å². The minimum Gasteiger partial charge on any atom is -0.322 e.